The van der Waals surface area contributed by atoms with Gasteiger partial charge < -0.3 is 4.74 Å². The first-order valence-electron chi connectivity index (χ1n) is 8.90. The Hall–Kier alpha value is -2.89. The van der Waals surface area contributed by atoms with Gasteiger partial charge in [0, 0.05) is 19.3 Å². The summed E-state index contributed by atoms with van der Waals surface area (Å²) in [4.78, 5) is 32.9. The SMILES string of the molecule is CCN(C(=O)C1CCCN1C(=O)OCc1ccccc1)c1ccccn1. The van der Waals surface area contributed by atoms with Gasteiger partial charge in [0.2, 0.25) is 0 Å². The highest BCUT2D eigenvalue weighted by atomic mass is 16.6. The van der Waals surface area contributed by atoms with E-state index in [1.807, 2.05) is 49.4 Å². The Balaban J connectivity index is 1.66. The smallest absolute Gasteiger partial charge is 0.410 e. The zero-order chi connectivity index (χ0) is 18.4. The van der Waals surface area contributed by atoms with Gasteiger partial charge in [0.05, 0.1) is 0 Å². The van der Waals surface area contributed by atoms with E-state index in [9.17, 15) is 9.59 Å². The summed E-state index contributed by atoms with van der Waals surface area (Å²) in [6, 6.07) is 14.5. The molecule has 1 aliphatic rings. The number of rotatable bonds is 5. The fourth-order valence-corrected chi connectivity index (χ4v) is 3.17. The summed E-state index contributed by atoms with van der Waals surface area (Å²) in [6.45, 7) is 3.14. The number of pyridine rings is 1. The normalized spacial score (nSPS) is 16.3. The number of benzene rings is 1. The molecule has 0 saturated carbocycles. The summed E-state index contributed by atoms with van der Waals surface area (Å²) < 4.78 is 5.41. The standard InChI is InChI=1S/C20H23N3O3/c1-2-22(18-12-6-7-13-21-18)19(24)17-11-8-14-23(17)20(25)26-15-16-9-4-3-5-10-16/h3-7,9-10,12-13,17H,2,8,11,14-15H2,1H3. The number of anilines is 1. The van der Waals surface area contributed by atoms with Gasteiger partial charge in [-0.25, -0.2) is 9.78 Å². The third-order valence-electron chi connectivity index (χ3n) is 4.49. The molecule has 136 valence electrons. The highest BCUT2D eigenvalue weighted by molar-refractivity contribution is 5.98. The summed E-state index contributed by atoms with van der Waals surface area (Å²) >= 11 is 0. The fourth-order valence-electron chi connectivity index (χ4n) is 3.17. The van der Waals surface area contributed by atoms with E-state index < -0.39 is 12.1 Å². The largest absolute Gasteiger partial charge is 0.445 e. The average molecular weight is 353 g/mol. The lowest BCUT2D eigenvalue weighted by Crippen LogP contribution is -2.48. The molecule has 6 nitrogen and oxygen atoms in total. The van der Waals surface area contributed by atoms with Crippen molar-refractivity contribution < 1.29 is 14.3 Å². The molecule has 1 unspecified atom stereocenters. The molecule has 1 aromatic heterocycles. The lowest BCUT2D eigenvalue weighted by atomic mass is 10.2. The molecular weight excluding hydrogens is 330 g/mol. The molecule has 6 heteroatoms. The Morgan fingerprint density at radius 2 is 1.96 bits per heavy atom. The molecule has 1 aromatic carbocycles. The average Bonchev–Trinajstić information content (AvgIpc) is 3.18. The summed E-state index contributed by atoms with van der Waals surface area (Å²) in [7, 11) is 0. The minimum Gasteiger partial charge on any atom is -0.445 e. The minimum atomic E-state index is -0.500. The van der Waals surface area contributed by atoms with E-state index >= 15 is 0 Å². The summed E-state index contributed by atoms with van der Waals surface area (Å²) in [5.74, 6) is 0.491. The van der Waals surface area contributed by atoms with Crippen molar-refractivity contribution in [3.63, 3.8) is 0 Å². The molecule has 0 N–H and O–H groups in total. The number of amides is 2. The molecule has 0 spiro atoms. The van der Waals surface area contributed by atoms with Crippen LogP contribution in [0.3, 0.4) is 0 Å². The van der Waals surface area contributed by atoms with Crippen molar-refractivity contribution in [1.29, 1.82) is 0 Å². The quantitative estimate of drug-likeness (QED) is 0.828. The maximum absolute atomic E-state index is 13.0. The predicted molar refractivity (Wildman–Crippen MR) is 98.6 cm³/mol. The highest BCUT2D eigenvalue weighted by Crippen LogP contribution is 2.23. The molecular formula is C20H23N3O3. The molecule has 2 amide bonds. The van der Waals surface area contributed by atoms with E-state index in [2.05, 4.69) is 4.98 Å². The van der Waals surface area contributed by atoms with Gasteiger partial charge in [0.1, 0.15) is 18.5 Å². The zero-order valence-electron chi connectivity index (χ0n) is 14.9. The number of hydrogen-bond acceptors (Lipinski definition) is 4. The Morgan fingerprint density at radius 1 is 1.19 bits per heavy atom. The van der Waals surface area contributed by atoms with Crippen molar-refractivity contribution in [2.24, 2.45) is 0 Å². The van der Waals surface area contributed by atoms with Crippen LogP contribution in [-0.2, 0) is 16.1 Å². The van der Waals surface area contributed by atoms with Gasteiger partial charge in [-0.2, -0.15) is 0 Å². The molecule has 0 radical (unpaired) electrons. The van der Waals surface area contributed by atoms with Gasteiger partial charge in [-0.1, -0.05) is 36.4 Å². The second kappa shape index (κ2) is 8.47. The zero-order valence-corrected chi connectivity index (χ0v) is 14.9. The number of hydrogen-bond donors (Lipinski definition) is 0. The molecule has 3 rings (SSSR count). The maximum Gasteiger partial charge on any atom is 0.410 e. The topological polar surface area (TPSA) is 62.7 Å². The van der Waals surface area contributed by atoms with Gasteiger partial charge in [-0.05, 0) is 37.5 Å². The van der Waals surface area contributed by atoms with Gasteiger partial charge in [0.25, 0.3) is 5.91 Å². The van der Waals surface area contributed by atoms with E-state index in [0.29, 0.717) is 25.3 Å². The van der Waals surface area contributed by atoms with Crippen LogP contribution >= 0.6 is 0 Å². The number of nitrogens with zero attached hydrogens (tertiary/aromatic N) is 3. The third kappa shape index (κ3) is 4.02. The molecule has 2 heterocycles. The predicted octanol–water partition coefficient (Wildman–Crippen LogP) is 3.24. The Morgan fingerprint density at radius 3 is 2.65 bits per heavy atom. The number of ether oxygens (including phenoxy) is 1. The van der Waals surface area contributed by atoms with Crippen LogP contribution in [0.2, 0.25) is 0 Å². The second-order valence-electron chi connectivity index (χ2n) is 6.16. The summed E-state index contributed by atoms with van der Waals surface area (Å²) in [6.07, 6.45) is 2.65. The van der Waals surface area contributed by atoms with Crippen LogP contribution in [0.5, 0.6) is 0 Å². The van der Waals surface area contributed by atoms with Crippen molar-refractivity contribution in [1.82, 2.24) is 9.88 Å². The van der Waals surface area contributed by atoms with Crippen molar-refractivity contribution in [3.8, 4) is 0 Å². The van der Waals surface area contributed by atoms with Crippen LogP contribution in [0.25, 0.3) is 0 Å². The first-order chi connectivity index (χ1) is 12.7. The van der Waals surface area contributed by atoms with Gasteiger partial charge in [0.15, 0.2) is 0 Å². The van der Waals surface area contributed by atoms with Crippen LogP contribution in [0, 0.1) is 0 Å². The summed E-state index contributed by atoms with van der Waals surface area (Å²) in [5, 5.41) is 0. The van der Waals surface area contributed by atoms with Gasteiger partial charge >= 0.3 is 6.09 Å². The Labute approximate surface area is 153 Å². The van der Waals surface area contributed by atoms with Crippen LogP contribution < -0.4 is 4.90 Å². The molecule has 0 aliphatic carbocycles. The Kier molecular flexibility index (Phi) is 5.84. The van der Waals surface area contributed by atoms with Crippen molar-refractivity contribution in [3.05, 3.63) is 60.3 Å². The summed E-state index contributed by atoms with van der Waals surface area (Å²) in [5.41, 5.74) is 0.923. The van der Waals surface area contributed by atoms with E-state index in [1.165, 1.54) is 4.90 Å². The van der Waals surface area contributed by atoms with Crippen LogP contribution in [0.1, 0.15) is 25.3 Å². The van der Waals surface area contributed by atoms with E-state index in [1.54, 1.807) is 17.2 Å². The first-order valence-corrected chi connectivity index (χ1v) is 8.90. The molecule has 1 fully saturated rings. The lowest BCUT2D eigenvalue weighted by Gasteiger charge is -2.28. The molecule has 2 aromatic rings. The molecule has 1 saturated heterocycles. The second-order valence-corrected chi connectivity index (χ2v) is 6.16. The van der Waals surface area contributed by atoms with Crippen LogP contribution in [0.4, 0.5) is 10.6 Å². The van der Waals surface area contributed by atoms with E-state index in [-0.39, 0.29) is 12.5 Å². The lowest BCUT2D eigenvalue weighted by molar-refractivity contribution is -0.122. The highest BCUT2D eigenvalue weighted by Gasteiger charge is 2.37. The van der Waals surface area contributed by atoms with Crippen LogP contribution in [0.15, 0.2) is 54.7 Å². The number of likely N-dealkylation sites (N-methyl/N-ethyl adjacent to an activating group) is 1. The van der Waals surface area contributed by atoms with Gasteiger partial charge in [-0.15, -0.1) is 0 Å². The van der Waals surface area contributed by atoms with Crippen molar-refractivity contribution >= 4 is 17.8 Å². The minimum absolute atomic E-state index is 0.111. The number of carbonyl (C=O) groups is 2. The number of aromatic nitrogens is 1. The molecule has 1 atom stereocenters. The molecule has 0 bridgehead atoms. The van der Waals surface area contributed by atoms with Crippen molar-refractivity contribution in [2.45, 2.75) is 32.4 Å². The Bertz CT molecular complexity index is 736. The monoisotopic (exact) mass is 353 g/mol. The van der Waals surface area contributed by atoms with Gasteiger partial charge in [-0.3, -0.25) is 14.6 Å². The molecule has 26 heavy (non-hydrogen) atoms. The van der Waals surface area contributed by atoms with E-state index in [4.69, 9.17) is 4.74 Å². The first kappa shape index (κ1) is 17.9. The number of likely N-dealkylation sites (tertiary alicyclic amines) is 1. The van der Waals surface area contributed by atoms with E-state index in [0.717, 1.165) is 12.0 Å². The fraction of sp³-hybridized carbons (Fsp3) is 0.350. The number of carbonyl (C=O) groups excluding carboxylic acids is 2. The van der Waals surface area contributed by atoms with Crippen LogP contribution in [-0.4, -0.2) is 41.0 Å². The van der Waals surface area contributed by atoms with Crippen molar-refractivity contribution in [2.75, 3.05) is 18.0 Å². The third-order valence-corrected chi connectivity index (χ3v) is 4.49. The maximum atomic E-state index is 13.0. The molecule has 1 aliphatic heterocycles.